The third-order valence-corrected chi connectivity index (χ3v) is 2.39. The molecule has 8 nitrogen and oxygen atoms in total. The van der Waals surface area contributed by atoms with E-state index in [0.717, 1.165) is 0 Å². The maximum absolute atomic E-state index is 11.1. The van der Waals surface area contributed by atoms with Crippen molar-refractivity contribution in [2.75, 3.05) is 20.3 Å². The van der Waals surface area contributed by atoms with Crippen molar-refractivity contribution in [1.82, 2.24) is 5.43 Å². The van der Waals surface area contributed by atoms with Gasteiger partial charge in [-0.1, -0.05) is 0 Å². The quantitative estimate of drug-likeness (QED) is 0.324. The summed E-state index contributed by atoms with van der Waals surface area (Å²) < 4.78 is 10.7. The van der Waals surface area contributed by atoms with E-state index >= 15 is 0 Å². The van der Waals surface area contributed by atoms with Gasteiger partial charge in [-0.3, -0.25) is 10.1 Å². The third-order valence-electron chi connectivity index (χ3n) is 2.39. The van der Waals surface area contributed by atoms with Gasteiger partial charge in [0.05, 0.1) is 49.1 Å². The summed E-state index contributed by atoms with van der Waals surface area (Å²) in [4.78, 5) is 10.6. The van der Waals surface area contributed by atoms with Gasteiger partial charge in [0, 0.05) is 0 Å². The van der Waals surface area contributed by atoms with Gasteiger partial charge in [0.15, 0.2) is 11.5 Å². The first-order valence-corrected chi connectivity index (χ1v) is 6.39. The van der Waals surface area contributed by atoms with Crippen molar-refractivity contribution >= 4 is 11.9 Å². The Morgan fingerprint density at radius 2 is 2.19 bits per heavy atom. The number of nitro benzene ring substituents is 1. The second-order valence-corrected chi connectivity index (χ2v) is 4.38. The molecule has 0 aliphatic heterocycles. The number of benzene rings is 1. The number of hydrazone groups is 1. The van der Waals surface area contributed by atoms with Crippen LogP contribution in [-0.4, -0.2) is 42.6 Å². The van der Waals surface area contributed by atoms with Crippen LogP contribution < -0.4 is 14.9 Å². The molecule has 0 amide bonds. The molecule has 1 aromatic rings. The van der Waals surface area contributed by atoms with Gasteiger partial charge in [-0.05, 0) is 19.9 Å². The zero-order valence-corrected chi connectivity index (χ0v) is 12.2. The first-order chi connectivity index (χ1) is 9.99. The Balaban J connectivity index is 3.18. The number of rotatable bonds is 8. The van der Waals surface area contributed by atoms with E-state index in [0.29, 0.717) is 5.75 Å². The van der Waals surface area contributed by atoms with E-state index in [4.69, 9.17) is 14.6 Å². The molecule has 0 radical (unpaired) electrons. The van der Waals surface area contributed by atoms with Crippen molar-refractivity contribution in [2.24, 2.45) is 5.10 Å². The summed E-state index contributed by atoms with van der Waals surface area (Å²) in [5, 5.41) is 23.6. The topological polar surface area (TPSA) is 106 Å². The molecule has 116 valence electrons. The molecule has 2 N–H and O–H groups in total. The van der Waals surface area contributed by atoms with Crippen molar-refractivity contribution in [3.8, 4) is 11.5 Å². The van der Waals surface area contributed by atoms with Crippen LogP contribution in [0, 0.1) is 10.1 Å². The van der Waals surface area contributed by atoms with E-state index < -0.39 is 4.92 Å². The van der Waals surface area contributed by atoms with Crippen LogP contribution in [0.1, 0.15) is 19.4 Å². The van der Waals surface area contributed by atoms with Crippen LogP contribution in [0.4, 0.5) is 5.69 Å². The maximum Gasteiger partial charge on any atom is 0.282 e. The van der Waals surface area contributed by atoms with E-state index in [1.54, 1.807) is 0 Å². The molecule has 0 bridgehead atoms. The number of nitrogens with zero attached hydrogens (tertiary/aromatic N) is 2. The van der Waals surface area contributed by atoms with Gasteiger partial charge in [-0.25, -0.2) is 0 Å². The van der Waals surface area contributed by atoms with Gasteiger partial charge in [0.2, 0.25) is 0 Å². The fourth-order valence-corrected chi connectivity index (χ4v) is 1.56. The van der Waals surface area contributed by atoms with Crippen LogP contribution in [0.25, 0.3) is 0 Å². The smallest absolute Gasteiger partial charge is 0.282 e. The number of hydrogen-bond donors (Lipinski definition) is 2. The molecule has 0 heterocycles. The molecule has 0 spiro atoms. The number of hydrogen-bond acceptors (Lipinski definition) is 7. The third kappa shape index (κ3) is 4.92. The Bertz CT molecular complexity index is 517. The normalized spacial score (nSPS) is 10.9. The van der Waals surface area contributed by atoms with E-state index in [9.17, 15) is 10.1 Å². The lowest BCUT2D eigenvalue weighted by Gasteiger charge is -2.14. The zero-order chi connectivity index (χ0) is 15.8. The Kier molecular flexibility index (Phi) is 6.41. The summed E-state index contributed by atoms with van der Waals surface area (Å²) in [7, 11) is 1.42. The van der Waals surface area contributed by atoms with Gasteiger partial charge < -0.3 is 20.0 Å². The average Bonchev–Trinajstić information content (AvgIpc) is 2.42. The Hall–Kier alpha value is -2.35. The minimum absolute atomic E-state index is 0.0796. The molecule has 0 saturated heterocycles. The molecule has 1 aromatic carbocycles. The molecule has 8 heteroatoms. The first kappa shape index (κ1) is 16.7. The van der Waals surface area contributed by atoms with Crippen LogP contribution in [0.5, 0.6) is 11.5 Å². The second-order valence-electron chi connectivity index (χ2n) is 4.38. The average molecular weight is 297 g/mol. The highest BCUT2D eigenvalue weighted by molar-refractivity contribution is 5.86. The van der Waals surface area contributed by atoms with Crippen molar-refractivity contribution in [2.45, 2.75) is 20.0 Å². The van der Waals surface area contributed by atoms with E-state index in [-0.39, 0.29) is 36.3 Å². The number of ether oxygens (including phenoxy) is 2. The molecule has 0 saturated carbocycles. The fraction of sp³-hybridized carbons (Fsp3) is 0.462. The molecule has 1 rings (SSSR count). The number of nitro groups is 1. The molecule has 0 atom stereocenters. The molecule has 0 fully saturated rings. The maximum atomic E-state index is 11.1. The molecule has 0 unspecified atom stereocenters. The number of aliphatic hydroxyl groups is 1. The summed E-state index contributed by atoms with van der Waals surface area (Å²) in [6, 6.07) is 2.80. The van der Waals surface area contributed by atoms with Crippen LogP contribution >= 0.6 is 0 Å². The standard InChI is InChI=1S/C13H19N3O5/c1-9(2)21-13-6-10(8-15-14-4-5-17)11(16(18)19)7-12(13)20-3/h6-9,14,17H,4-5H2,1-3H3. The summed E-state index contributed by atoms with van der Waals surface area (Å²) in [6.45, 7) is 3.87. The lowest BCUT2D eigenvalue weighted by molar-refractivity contribution is -0.385. The molecule has 0 aliphatic carbocycles. The van der Waals surface area contributed by atoms with Gasteiger partial charge in [-0.15, -0.1) is 0 Å². The van der Waals surface area contributed by atoms with Crippen molar-refractivity contribution in [1.29, 1.82) is 0 Å². The van der Waals surface area contributed by atoms with Gasteiger partial charge in [0.1, 0.15) is 0 Å². The largest absolute Gasteiger partial charge is 0.493 e. The SMILES string of the molecule is COc1cc([N+](=O)[O-])c(C=NNCCO)cc1OC(C)C. The molecule has 0 aromatic heterocycles. The minimum atomic E-state index is -0.519. The highest BCUT2D eigenvalue weighted by Crippen LogP contribution is 2.34. The van der Waals surface area contributed by atoms with Crippen molar-refractivity contribution in [3.05, 3.63) is 27.8 Å². The second kappa shape index (κ2) is 8.05. The number of aliphatic hydroxyl groups excluding tert-OH is 1. The predicted molar refractivity (Wildman–Crippen MR) is 78.1 cm³/mol. The summed E-state index contributed by atoms with van der Waals surface area (Å²) in [5.74, 6) is 0.692. The fourth-order valence-electron chi connectivity index (χ4n) is 1.56. The summed E-state index contributed by atoms with van der Waals surface area (Å²) in [6.07, 6.45) is 1.21. The lowest BCUT2D eigenvalue weighted by atomic mass is 10.1. The lowest BCUT2D eigenvalue weighted by Crippen LogP contribution is -2.12. The van der Waals surface area contributed by atoms with Crippen LogP contribution in [0.15, 0.2) is 17.2 Å². The van der Waals surface area contributed by atoms with Gasteiger partial charge in [0.25, 0.3) is 5.69 Å². The molecule has 0 aliphatic rings. The Morgan fingerprint density at radius 3 is 2.71 bits per heavy atom. The van der Waals surface area contributed by atoms with Crippen LogP contribution in [0.3, 0.4) is 0 Å². The molecular weight excluding hydrogens is 278 g/mol. The molecular formula is C13H19N3O5. The van der Waals surface area contributed by atoms with Crippen molar-refractivity contribution in [3.63, 3.8) is 0 Å². The van der Waals surface area contributed by atoms with E-state index in [1.807, 2.05) is 13.8 Å². The highest BCUT2D eigenvalue weighted by atomic mass is 16.6. The Morgan fingerprint density at radius 1 is 1.48 bits per heavy atom. The van der Waals surface area contributed by atoms with Crippen LogP contribution in [-0.2, 0) is 0 Å². The zero-order valence-electron chi connectivity index (χ0n) is 12.2. The highest BCUT2D eigenvalue weighted by Gasteiger charge is 2.19. The van der Waals surface area contributed by atoms with Gasteiger partial charge >= 0.3 is 0 Å². The van der Waals surface area contributed by atoms with Crippen LogP contribution in [0.2, 0.25) is 0 Å². The molecule has 21 heavy (non-hydrogen) atoms. The minimum Gasteiger partial charge on any atom is -0.493 e. The van der Waals surface area contributed by atoms with E-state index in [2.05, 4.69) is 10.5 Å². The monoisotopic (exact) mass is 297 g/mol. The van der Waals surface area contributed by atoms with E-state index in [1.165, 1.54) is 25.5 Å². The number of methoxy groups -OCH3 is 1. The van der Waals surface area contributed by atoms with Crippen molar-refractivity contribution < 1.29 is 19.5 Å². The summed E-state index contributed by atoms with van der Waals surface area (Å²) >= 11 is 0. The number of nitrogens with one attached hydrogen (secondary N) is 1. The Labute approximate surface area is 122 Å². The predicted octanol–water partition coefficient (Wildman–Crippen LogP) is 1.31. The first-order valence-electron chi connectivity index (χ1n) is 6.39. The summed E-state index contributed by atoms with van der Waals surface area (Å²) in [5.41, 5.74) is 2.70. The van der Waals surface area contributed by atoms with Gasteiger partial charge in [-0.2, -0.15) is 5.10 Å².